The van der Waals surface area contributed by atoms with Gasteiger partial charge in [0.1, 0.15) is 5.75 Å². The standard InChI is InChI=1S/C17H14N6OS2/c18-15-19-16(25-10-11-6-2-1-3-7-11)22-23(15)17-21-20-14(26-17)12-8-4-5-9-13(12)24/h1-9,24H,10H2,(H2,18,19,22). The molecule has 9 heteroatoms. The van der Waals surface area contributed by atoms with Crippen LogP contribution in [0, 0.1) is 0 Å². The van der Waals surface area contributed by atoms with Gasteiger partial charge in [0.05, 0.1) is 5.56 Å². The van der Waals surface area contributed by atoms with Gasteiger partial charge in [0, 0.05) is 5.75 Å². The molecule has 0 amide bonds. The van der Waals surface area contributed by atoms with Gasteiger partial charge < -0.3 is 10.8 Å². The van der Waals surface area contributed by atoms with Crippen molar-refractivity contribution < 1.29 is 5.11 Å². The highest BCUT2D eigenvalue weighted by molar-refractivity contribution is 7.98. The number of rotatable bonds is 5. The number of hydrogen-bond acceptors (Lipinski definition) is 8. The second-order valence-electron chi connectivity index (χ2n) is 5.35. The average Bonchev–Trinajstić information content (AvgIpc) is 3.28. The number of benzene rings is 2. The van der Waals surface area contributed by atoms with Crippen molar-refractivity contribution in [1.82, 2.24) is 25.0 Å². The smallest absolute Gasteiger partial charge is 0.236 e. The van der Waals surface area contributed by atoms with Gasteiger partial charge >= 0.3 is 0 Å². The van der Waals surface area contributed by atoms with Crippen molar-refractivity contribution in [3.05, 3.63) is 60.2 Å². The van der Waals surface area contributed by atoms with Crippen LogP contribution in [0.2, 0.25) is 0 Å². The topological polar surface area (TPSA) is 103 Å². The lowest BCUT2D eigenvalue weighted by molar-refractivity contribution is 0.477. The molecule has 0 saturated heterocycles. The van der Waals surface area contributed by atoms with Crippen molar-refractivity contribution in [2.24, 2.45) is 0 Å². The molecule has 4 aromatic rings. The highest BCUT2D eigenvalue weighted by Gasteiger charge is 2.16. The van der Waals surface area contributed by atoms with Gasteiger partial charge in [-0.25, -0.2) is 0 Å². The number of phenolic OH excluding ortho intramolecular Hbond substituents is 1. The molecule has 26 heavy (non-hydrogen) atoms. The number of aromatic nitrogens is 5. The second-order valence-corrected chi connectivity index (χ2v) is 7.24. The molecule has 0 saturated carbocycles. The molecule has 0 radical (unpaired) electrons. The first-order valence-corrected chi connectivity index (χ1v) is 9.52. The minimum atomic E-state index is 0.154. The molecule has 0 atom stereocenters. The van der Waals surface area contributed by atoms with Crippen molar-refractivity contribution in [2.45, 2.75) is 10.9 Å². The molecule has 0 aliphatic carbocycles. The molecule has 4 rings (SSSR count). The molecule has 7 nitrogen and oxygen atoms in total. The van der Waals surface area contributed by atoms with E-state index in [0.29, 0.717) is 20.9 Å². The Labute approximate surface area is 157 Å². The molecule has 2 aromatic carbocycles. The first kappa shape index (κ1) is 16.6. The van der Waals surface area contributed by atoms with Gasteiger partial charge in [-0.1, -0.05) is 65.6 Å². The Morgan fingerprint density at radius 2 is 1.81 bits per heavy atom. The molecular formula is C17H14N6OS2. The van der Waals surface area contributed by atoms with Crippen LogP contribution in [0.25, 0.3) is 15.7 Å². The van der Waals surface area contributed by atoms with Crippen molar-refractivity contribution in [1.29, 1.82) is 0 Å². The van der Waals surface area contributed by atoms with E-state index in [0.717, 1.165) is 5.75 Å². The molecular weight excluding hydrogens is 368 g/mol. The highest BCUT2D eigenvalue weighted by atomic mass is 32.2. The SMILES string of the molecule is Nc1nc(SCc2ccccc2)nn1-c1nnc(-c2ccccc2O)s1. The monoisotopic (exact) mass is 382 g/mol. The summed E-state index contributed by atoms with van der Waals surface area (Å²) in [6.45, 7) is 0. The van der Waals surface area contributed by atoms with Crippen molar-refractivity contribution >= 4 is 29.0 Å². The van der Waals surface area contributed by atoms with Gasteiger partial charge in [0.15, 0.2) is 5.01 Å². The van der Waals surface area contributed by atoms with E-state index in [1.165, 1.54) is 33.3 Å². The Kier molecular flexibility index (Phi) is 4.55. The fraction of sp³-hybridized carbons (Fsp3) is 0.0588. The van der Waals surface area contributed by atoms with E-state index in [-0.39, 0.29) is 11.7 Å². The molecule has 0 unspecified atom stereocenters. The summed E-state index contributed by atoms with van der Waals surface area (Å²) in [4.78, 5) is 4.28. The van der Waals surface area contributed by atoms with Gasteiger partial charge in [0.25, 0.3) is 0 Å². The molecule has 0 aliphatic heterocycles. The Hall–Kier alpha value is -2.91. The van der Waals surface area contributed by atoms with Crippen LogP contribution in [0.15, 0.2) is 59.8 Å². The van der Waals surface area contributed by atoms with E-state index < -0.39 is 0 Å². The summed E-state index contributed by atoms with van der Waals surface area (Å²) in [5.41, 5.74) is 7.79. The molecule has 0 fully saturated rings. The fourth-order valence-electron chi connectivity index (χ4n) is 2.29. The Bertz CT molecular complexity index is 1030. The van der Waals surface area contributed by atoms with Crippen LogP contribution in [0.4, 0.5) is 5.95 Å². The number of phenols is 1. The molecule has 0 aliphatic rings. The largest absolute Gasteiger partial charge is 0.507 e. The van der Waals surface area contributed by atoms with Crippen LogP contribution in [-0.4, -0.2) is 30.1 Å². The number of nitrogens with zero attached hydrogens (tertiary/aromatic N) is 5. The third-order valence-electron chi connectivity index (χ3n) is 3.55. The van der Waals surface area contributed by atoms with Crippen LogP contribution >= 0.6 is 23.1 Å². The average molecular weight is 382 g/mol. The summed E-state index contributed by atoms with van der Waals surface area (Å²) in [6, 6.07) is 17.1. The Morgan fingerprint density at radius 1 is 1.04 bits per heavy atom. The number of nitrogen functional groups attached to an aromatic ring is 1. The summed E-state index contributed by atoms with van der Waals surface area (Å²) < 4.78 is 1.47. The molecule has 0 spiro atoms. The van der Waals surface area contributed by atoms with Gasteiger partial charge in [-0.05, 0) is 17.7 Å². The zero-order chi connectivity index (χ0) is 17.9. The molecule has 3 N–H and O–H groups in total. The van der Waals surface area contributed by atoms with Gasteiger partial charge in [-0.2, -0.15) is 9.67 Å². The van der Waals surface area contributed by atoms with Gasteiger partial charge in [-0.3, -0.25) is 0 Å². The maximum absolute atomic E-state index is 9.96. The van der Waals surface area contributed by atoms with Crippen LogP contribution < -0.4 is 5.73 Å². The van der Waals surface area contributed by atoms with E-state index in [1.807, 2.05) is 24.3 Å². The predicted octanol–water partition coefficient (Wildman–Crippen LogP) is 3.37. The predicted molar refractivity (Wildman–Crippen MR) is 102 cm³/mol. The normalized spacial score (nSPS) is 10.9. The van der Waals surface area contributed by atoms with E-state index in [2.05, 4.69) is 32.4 Å². The summed E-state index contributed by atoms with van der Waals surface area (Å²) in [7, 11) is 0. The van der Waals surface area contributed by atoms with E-state index in [1.54, 1.807) is 18.2 Å². The zero-order valence-corrected chi connectivity index (χ0v) is 15.1. The maximum atomic E-state index is 9.96. The number of thioether (sulfide) groups is 1. The highest BCUT2D eigenvalue weighted by Crippen LogP contribution is 2.32. The molecule has 130 valence electrons. The van der Waals surface area contributed by atoms with Crippen LogP contribution in [0.1, 0.15) is 5.56 Å². The van der Waals surface area contributed by atoms with E-state index >= 15 is 0 Å². The number of nitrogens with two attached hydrogens (primary N) is 1. The summed E-state index contributed by atoms with van der Waals surface area (Å²) >= 11 is 2.79. The number of hydrogen-bond donors (Lipinski definition) is 2. The van der Waals surface area contributed by atoms with Crippen LogP contribution in [0.5, 0.6) is 5.75 Å². The summed E-state index contributed by atoms with van der Waals surface area (Å²) in [5, 5.41) is 24.3. The Balaban J connectivity index is 1.55. The maximum Gasteiger partial charge on any atom is 0.236 e. The first-order chi connectivity index (χ1) is 12.7. The lowest BCUT2D eigenvalue weighted by Crippen LogP contribution is -2.01. The van der Waals surface area contributed by atoms with Gasteiger partial charge in [-0.15, -0.1) is 15.3 Å². The fourth-order valence-corrected chi connectivity index (χ4v) is 3.92. The quantitative estimate of drug-likeness (QED) is 0.510. The van der Waals surface area contributed by atoms with Crippen molar-refractivity contribution in [2.75, 3.05) is 5.73 Å². The Morgan fingerprint density at radius 3 is 2.62 bits per heavy atom. The van der Waals surface area contributed by atoms with Crippen molar-refractivity contribution in [3.8, 4) is 21.5 Å². The summed E-state index contributed by atoms with van der Waals surface area (Å²) in [6.07, 6.45) is 0. The lowest BCUT2D eigenvalue weighted by atomic mass is 10.2. The van der Waals surface area contributed by atoms with Crippen LogP contribution in [-0.2, 0) is 5.75 Å². The second kappa shape index (κ2) is 7.14. The first-order valence-electron chi connectivity index (χ1n) is 7.72. The third kappa shape index (κ3) is 3.39. The lowest BCUT2D eigenvalue weighted by Gasteiger charge is -1.98. The van der Waals surface area contributed by atoms with E-state index in [4.69, 9.17) is 5.73 Å². The van der Waals surface area contributed by atoms with Gasteiger partial charge in [0.2, 0.25) is 16.2 Å². The number of para-hydroxylation sites is 1. The molecule has 2 heterocycles. The molecule has 2 aromatic heterocycles. The number of anilines is 1. The zero-order valence-electron chi connectivity index (χ0n) is 13.5. The third-order valence-corrected chi connectivity index (χ3v) is 5.39. The minimum Gasteiger partial charge on any atom is -0.507 e. The summed E-state index contributed by atoms with van der Waals surface area (Å²) in [5.74, 6) is 1.16. The number of aromatic hydroxyl groups is 1. The van der Waals surface area contributed by atoms with Crippen molar-refractivity contribution in [3.63, 3.8) is 0 Å². The molecule has 0 bridgehead atoms. The van der Waals surface area contributed by atoms with E-state index in [9.17, 15) is 5.11 Å². The minimum absolute atomic E-state index is 0.154. The van der Waals surface area contributed by atoms with Crippen LogP contribution in [0.3, 0.4) is 0 Å².